The smallest absolute Gasteiger partial charge is 0.0311 e. The van der Waals surface area contributed by atoms with Crippen LogP contribution >= 0.6 is 68.0 Å². The molecule has 0 aromatic carbocycles. The van der Waals surface area contributed by atoms with E-state index in [4.69, 9.17) is 0 Å². The molecular formula is C60H74S6. The normalized spacial score (nSPS) is 15.6. The maximum absolute atomic E-state index is 2.48. The van der Waals surface area contributed by atoms with E-state index in [0.717, 1.165) is 89.9 Å². The molecular weight excluding hydrogens is 913 g/mol. The third kappa shape index (κ3) is 10.1. The Morgan fingerprint density at radius 2 is 0.348 bits per heavy atom. The second-order valence-electron chi connectivity index (χ2n) is 17.3. The molecule has 0 amide bonds. The first kappa shape index (κ1) is 50.8. The lowest BCUT2D eigenvalue weighted by atomic mass is 9.98. The van der Waals surface area contributed by atoms with Crippen molar-refractivity contribution in [3.63, 3.8) is 0 Å². The van der Waals surface area contributed by atoms with E-state index in [1.807, 2.05) is 45.3 Å². The molecule has 0 atom stereocenters. The first-order valence-electron chi connectivity index (χ1n) is 25.4. The summed E-state index contributed by atoms with van der Waals surface area (Å²) in [7, 11) is 0. The highest BCUT2D eigenvalue weighted by atomic mass is 32.1. The van der Waals surface area contributed by atoms with E-state index in [0.29, 0.717) is 0 Å². The summed E-state index contributed by atoms with van der Waals surface area (Å²) >= 11 is 12.1. The second-order valence-corrected chi connectivity index (χ2v) is 23.9. The van der Waals surface area contributed by atoms with Gasteiger partial charge in [-0.25, -0.2) is 0 Å². The van der Waals surface area contributed by atoms with Crippen molar-refractivity contribution in [2.75, 3.05) is 0 Å². The Morgan fingerprint density at radius 3 is 0.500 bits per heavy atom. The summed E-state index contributed by atoms with van der Waals surface area (Å²) in [6.07, 6.45) is 39.7. The van der Waals surface area contributed by atoms with Gasteiger partial charge in [-0.3, -0.25) is 0 Å². The third-order valence-electron chi connectivity index (χ3n) is 13.9. The summed E-state index contributed by atoms with van der Waals surface area (Å²) in [4.78, 5) is 17.5. The number of aryl methyl sites for hydroxylation is 2. The molecule has 6 aromatic heterocycles. The molecule has 0 nitrogen and oxygen atoms in total. The molecule has 0 saturated carbocycles. The van der Waals surface area contributed by atoms with E-state index >= 15 is 0 Å². The van der Waals surface area contributed by atoms with Gasteiger partial charge in [0.2, 0.25) is 0 Å². The molecule has 7 rings (SSSR count). The number of rotatable bonds is 12. The van der Waals surface area contributed by atoms with Crippen molar-refractivity contribution >= 4 is 129 Å². The lowest BCUT2D eigenvalue weighted by molar-refractivity contribution is 0.931. The van der Waals surface area contributed by atoms with Gasteiger partial charge in [0.25, 0.3) is 0 Å². The topological polar surface area (TPSA) is 0 Å². The van der Waals surface area contributed by atoms with Crippen LogP contribution < -0.4 is 0 Å². The number of hydrogen-bond acceptors (Lipinski definition) is 6. The van der Waals surface area contributed by atoms with Crippen molar-refractivity contribution in [2.45, 2.75) is 173 Å². The van der Waals surface area contributed by atoms with E-state index in [1.165, 1.54) is 93.3 Å². The summed E-state index contributed by atoms with van der Waals surface area (Å²) in [6.45, 7) is 28.2. The van der Waals surface area contributed by atoms with Crippen molar-refractivity contribution in [2.24, 2.45) is 0 Å². The van der Waals surface area contributed by atoms with Crippen molar-refractivity contribution in [3.05, 3.63) is 125 Å². The van der Waals surface area contributed by atoms with E-state index < -0.39 is 0 Å². The van der Waals surface area contributed by atoms with Crippen molar-refractivity contribution in [3.8, 4) is 0 Å². The average molecular weight is 988 g/mol. The SMILES string of the molecule is CCc1c2sc(c1CC)/C=C/c1sc(c(CC)c1CC)/C=C\c1sc(c(CC)c1CC)/C=C/c1sc(c(CC)c1CC)CCc1sc(c(CC)c1CC)/C=C/c1sc(c(CC)c1CC)/C=C\2. The summed E-state index contributed by atoms with van der Waals surface area (Å²) in [5, 5.41) is 0. The Hall–Kier alpha value is -3.10. The highest BCUT2D eigenvalue weighted by molar-refractivity contribution is 7.16. The van der Waals surface area contributed by atoms with Crippen LogP contribution in [0.25, 0.3) is 60.8 Å². The molecule has 7 heterocycles. The van der Waals surface area contributed by atoms with Crippen molar-refractivity contribution in [1.82, 2.24) is 0 Å². The van der Waals surface area contributed by atoms with Crippen molar-refractivity contribution in [1.29, 1.82) is 0 Å². The van der Waals surface area contributed by atoms with Gasteiger partial charge in [0, 0.05) is 58.5 Å². The molecule has 1 aliphatic heterocycles. The van der Waals surface area contributed by atoms with Crippen LogP contribution in [-0.4, -0.2) is 0 Å². The summed E-state index contributed by atoms with van der Waals surface area (Å²) in [6, 6.07) is 0. The van der Waals surface area contributed by atoms with Gasteiger partial charge < -0.3 is 0 Å². The molecule has 350 valence electrons. The first-order chi connectivity index (χ1) is 32.2. The number of fused-ring (bicyclic) bond motifs is 12. The quantitative estimate of drug-likeness (QED) is 0.115. The fourth-order valence-electron chi connectivity index (χ4n) is 10.7. The Morgan fingerprint density at radius 1 is 0.212 bits per heavy atom. The van der Waals surface area contributed by atoms with E-state index in [1.54, 1.807) is 32.0 Å². The first-order valence-corrected chi connectivity index (χ1v) is 30.3. The van der Waals surface area contributed by atoms with Crippen LogP contribution in [-0.2, 0) is 89.9 Å². The van der Waals surface area contributed by atoms with Crippen LogP contribution in [0.15, 0.2) is 0 Å². The summed E-state index contributed by atoms with van der Waals surface area (Å²) in [5.41, 5.74) is 18.5. The zero-order valence-corrected chi connectivity index (χ0v) is 47.0. The Labute approximate surface area is 423 Å². The van der Waals surface area contributed by atoms with Gasteiger partial charge in [-0.15, -0.1) is 68.0 Å². The highest BCUT2D eigenvalue weighted by Gasteiger charge is 2.21. The highest BCUT2D eigenvalue weighted by Crippen LogP contribution is 2.41. The Kier molecular flexibility index (Phi) is 18.1. The summed E-state index contributed by atoms with van der Waals surface area (Å²) in [5.74, 6) is 0. The fourth-order valence-corrected chi connectivity index (χ4v) is 18.7. The maximum Gasteiger partial charge on any atom is 0.0311 e. The van der Waals surface area contributed by atoms with Gasteiger partial charge in [0.1, 0.15) is 0 Å². The number of hydrogen-bond donors (Lipinski definition) is 0. The third-order valence-corrected chi connectivity index (χ3v) is 21.3. The van der Waals surface area contributed by atoms with E-state index in [9.17, 15) is 0 Å². The Bertz CT molecular complexity index is 2590. The predicted molar refractivity (Wildman–Crippen MR) is 310 cm³/mol. The molecule has 12 bridgehead atoms. The molecule has 0 fully saturated rings. The maximum atomic E-state index is 2.48. The monoisotopic (exact) mass is 986 g/mol. The van der Waals surface area contributed by atoms with Crippen LogP contribution in [0.4, 0.5) is 0 Å². The van der Waals surface area contributed by atoms with Gasteiger partial charge in [-0.05, 0) is 217 Å². The van der Waals surface area contributed by atoms with Gasteiger partial charge in [-0.2, -0.15) is 0 Å². The average Bonchev–Trinajstić information content (AvgIpc) is 4.18. The summed E-state index contributed by atoms with van der Waals surface area (Å²) < 4.78 is 0. The lowest BCUT2D eigenvalue weighted by Gasteiger charge is -2.06. The molecule has 0 aliphatic carbocycles. The van der Waals surface area contributed by atoms with E-state index in [2.05, 4.69) is 167 Å². The van der Waals surface area contributed by atoms with Gasteiger partial charge in [0.05, 0.1) is 0 Å². The largest absolute Gasteiger partial charge is 0.140 e. The van der Waals surface area contributed by atoms with Crippen LogP contribution in [0, 0.1) is 0 Å². The minimum absolute atomic E-state index is 1.05. The van der Waals surface area contributed by atoms with Crippen molar-refractivity contribution < 1.29 is 0 Å². The fraction of sp³-hybridized carbons (Fsp3) is 0.433. The van der Waals surface area contributed by atoms with Crippen LogP contribution in [0.2, 0.25) is 0 Å². The van der Waals surface area contributed by atoms with Gasteiger partial charge >= 0.3 is 0 Å². The van der Waals surface area contributed by atoms with Gasteiger partial charge in [0.15, 0.2) is 0 Å². The Balaban J connectivity index is 1.40. The lowest BCUT2D eigenvalue weighted by Crippen LogP contribution is -1.97. The van der Waals surface area contributed by atoms with E-state index in [-0.39, 0.29) is 0 Å². The zero-order chi connectivity index (χ0) is 47.1. The molecule has 66 heavy (non-hydrogen) atoms. The van der Waals surface area contributed by atoms with Crippen LogP contribution in [0.1, 0.15) is 208 Å². The predicted octanol–water partition coefficient (Wildman–Crippen LogP) is 19.8. The molecule has 6 heteroatoms. The molecule has 6 aromatic rings. The van der Waals surface area contributed by atoms with Crippen LogP contribution in [0.3, 0.4) is 0 Å². The molecule has 0 unspecified atom stereocenters. The molecule has 0 saturated heterocycles. The standard InChI is InChI=1S/C60H74S6/c1-13-37-38(14-2)50-27-28-52-41(17-5)42(18-6)54(63-52)31-32-56-45(21-9)46(22-10)58(65-56)35-36-60-48(24-12)47(23-11)59(66-60)34-33-57-44(20-8)43(19-7)55(64-57)30-29-53-40(16-4)39(15-3)51(62-53)26-25-49(37)61-50/h25-34H,13-24,35-36H2,1-12H3/b26-25+,28-27-,30-29-,32-31+,34-33+. The van der Waals surface area contributed by atoms with Gasteiger partial charge in [-0.1, -0.05) is 83.1 Å². The second kappa shape index (κ2) is 23.5. The number of thiophene rings is 6. The molecule has 0 radical (unpaired) electrons. The minimum Gasteiger partial charge on any atom is -0.140 e. The molecule has 1 aliphatic rings. The molecule has 0 spiro atoms. The van der Waals surface area contributed by atoms with Crippen LogP contribution in [0.5, 0.6) is 0 Å². The minimum atomic E-state index is 1.05. The molecule has 0 N–H and O–H groups in total. The zero-order valence-electron chi connectivity index (χ0n) is 42.1.